The summed E-state index contributed by atoms with van der Waals surface area (Å²) in [5.74, 6) is -1.45. The number of hydrogen-bond acceptors (Lipinski definition) is 5. The molecule has 1 fully saturated rings. The number of carbonyl (C=O) groups excluding carboxylic acids is 1. The van der Waals surface area contributed by atoms with Crippen LogP contribution in [0.2, 0.25) is 0 Å². The van der Waals surface area contributed by atoms with Gasteiger partial charge >= 0.3 is 5.97 Å². The molecule has 1 aromatic heterocycles. The lowest BCUT2D eigenvalue weighted by Gasteiger charge is -2.21. The molecule has 1 atom stereocenters. The average Bonchev–Trinajstić information content (AvgIpc) is 2.77. The number of likely N-dealkylation sites (tertiary alicyclic amines) is 1. The van der Waals surface area contributed by atoms with Gasteiger partial charge in [-0.15, -0.1) is 0 Å². The highest BCUT2D eigenvalue weighted by Crippen LogP contribution is 2.20. The Hall–Kier alpha value is -2.18. The van der Waals surface area contributed by atoms with Gasteiger partial charge in [-0.25, -0.2) is 14.8 Å². The normalized spacial score (nSPS) is 19.3. The monoisotopic (exact) mass is 236 g/mol. The fraction of sp³-hybridized carbons (Fsp3) is 0.400. The average molecular weight is 236 g/mol. The van der Waals surface area contributed by atoms with Crippen molar-refractivity contribution in [2.45, 2.75) is 18.9 Å². The standard InChI is InChI=1S/C10H12N4O3/c11-8-7(12-3-4-13-8)9(15)14-5-1-2-6(14)10(16)17/h3-4,6H,1-2,5H2,(H2,11,13)(H,16,17)/t6-/m0/s1. The van der Waals surface area contributed by atoms with Crippen LogP contribution in [-0.2, 0) is 4.79 Å². The van der Waals surface area contributed by atoms with Crippen molar-refractivity contribution in [2.75, 3.05) is 12.3 Å². The maximum Gasteiger partial charge on any atom is 0.326 e. The molecule has 90 valence electrons. The van der Waals surface area contributed by atoms with Crippen molar-refractivity contribution in [3.63, 3.8) is 0 Å². The Balaban J connectivity index is 2.26. The lowest BCUT2D eigenvalue weighted by atomic mass is 10.2. The van der Waals surface area contributed by atoms with Crippen molar-refractivity contribution < 1.29 is 14.7 Å². The first-order valence-electron chi connectivity index (χ1n) is 5.21. The number of nitrogens with zero attached hydrogens (tertiary/aromatic N) is 3. The Morgan fingerprint density at radius 1 is 1.41 bits per heavy atom. The van der Waals surface area contributed by atoms with Crippen molar-refractivity contribution in [3.05, 3.63) is 18.1 Å². The van der Waals surface area contributed by atoms with Crippen LogP contribution in [0.5, 0.6) is 0 Å². The second-order valence-corrected chi connectivity index (χ2v) is 3.78. The van der Waals surface area contributed by atoms with Crippen LogP contribution in [-0.4, -0.2) is 44.4 Å². The van der Waals surface area contributed by atoms with Crippen molar-refractivity contribution >= 4 is 17.7 Å². The lowest BCUT2D eigenvalue weighted by molar-refractivity contribution is -0.141. The third kappa shape index (κ3) is 2.03. The number of aliphatic carboxylic acids is 1. The van der Waals surface area contributed by atoms with Gasteiger partial charge in [0.25, 0.3) is 5.91 Å². The Morgan fingerprint density at radius 3 is 2.76 bits per heavy atom. The molecule has 0 aromatic carbocycles. The fourth-order valence-corrected chi connectivity index (χ4v) is 1.92. The van der Waals surface area contributed by atoms with Gasteiger partial charge in [-0.1, -0.05) is 0 Å². The zero-order chi connectivity index (χ0) is 12.4. The molecule has 1 saturated heterocycles. The van der Waals surface area contributed by atoms with E-state index in [4.69, 9.17) is 10.8 Å². The van der Waals surface area contributed by atoms with E-state index < -0.39 is 17.9 Å². The first-order valence-corrected chi connectivity index (χ1v) is 5.21. The summed E-state index contributed by atoms with van der Waals surface area (Å²) in [5.41, 5.74) is 5.56. The van der Waals surface area contributed by atoms with Gasteiger partial charge in [0, 0.05) is 18.9 Å². The van der Waals surface area contributed by atoms with E-state index in [9.17, 15) is 9.59 Å². The van der Waals surface area contributed by atoms with Gasteiger partial charge in [0.2, 0.25) is 0 Å². The summed E-state index contributed by atoms with van der Waals surface area (Å²) in [6, 6.07) is -0.788. The molecule has 7 heteroatoms. The van der Waals surface area contributed by atoms with E-state index >= 15 is 0 Å². The first-order chi connectivity index (χ1) is 8.11. The van der Waals surface area contributed by atoms with E-state index in [0.29, 0.717) is 19.4 Å². The van der Waals surface area contributed by atoms with Crippen molar-refractivity contribution in [1.29, 1.82) is 0 Å². The van der Waals surface area contributed by atoms with Gasteiger partial charge in [0.1, 0.15) is 6.04 Å². The minimum absolute atomic E-state index is 0.0145. The van der Waals surface area contributed by atoms with E-state index in [2.05, 4.69) is 9.97 Å². The molecule has 0 aliphatic carbocycles. The molecular weight excluding hydrogens is 224 g/mol. The van der Waals surface area contributed by atoms with Crippen LogP contribution in [0.3, 0.4) is 0 Å². The maximum absolute atomic E-state index is 12.1. The number of anilines is 1. The summed E-state index contributed by atoms with van der Waals surface area (Å²) in [6.45, 7) is 0.409. The molecule has 0 unspecified atom stereocenters. The number of nitrogens with two attached hydrogens (primary N) is 1. The Labute approximate surface area is 97.3 Å². The minimum atomic E-state index is -1.00. The molecule has 17 heavy (non-hydrogen) atoms. The molecule has 7 nitrogen and oxygen atoms in total. The fourth-order valence-electron chi connectivity index (χ4n) is 1.92. The molecular formula is C10H12N4O3. The molecule has 0 bridgehead atoms. The van der Waals surface area contributed by atoms with Crippen LogP contribution in [0.1, 0.15) is 23.3 Å². The number of amides is 1. The molecule has 1 aliphatic rings. The summed E-state index contributed by atoms with van der Waals surface area (Å²) in [7, 11) is 0. The van der Waals surface area contributed by atoms with Gasteiger partial charge in [-0.05, 0) is 12.8 Å². The third-order valence-corrected chi connectivity index (χ3v) is 2.73. The number of carboxylic acids is 1. The number of rotatable bonds is 2. The number of nitrogen functional groups attached to an aromatic ring is 1. The molecule has 3 N–H and O–H groups in total. The van der Waals surface area contributed by atoms with Crippen LogP contribution < -0.4 is 5.73 Å². The third-order valence-electron chi connectivity index (χ3n) is 2.73. The van der Waals surface area contributed by atoms with Crippen LogP contribution >= 0.6 is 0 Å². The number of hydrogen-bond donors (Lipinski definition) is 2. The van der Waals surface area contributed by atoms with Gasteiger partial charge in [0.05, 0.1) is 0 Å². The molecule has 0 radical (unpaired) electrons. The number of aromatic nitrogens is 2. The predicted octanol–water partition coefficient (Wildman–Crippen LogP) is -0.252. The highest BCUT2D eigenvalue weighted by atomic mass is 16.4. The van der Waals surface area contributed by atoms with Crippen LogP contribution in [0.4, 0.5) is 5.82 Å². The first kappa shape index (κ1) is 11.3. The van der Waals surface area contributed by atoms with Crippen LogP contribution in [0.15, 0.2) is 12.4 Å². The molecule has 1 amide bonds. The summed E-state index contributed by atoms with van der Waals surface area (Å²) in [4.78, 5) is 31.9. The van der Waals surface area contributed by atoms with E-state index in [0.717, 1.165) is 0 Å². The van der Waals surface area contributed by atoms with E-state index in [1.54, 1.807) is 0 Å². The van der Waals surface area contributed by atoms with Gasteiger partial charge in [-0.3, -0.25) is 4.79 Å². The Kier molecular flexibility index (Phi) is 2.90. The molecule has 1 aromatic rings. The molecule has 2 heterocycles. The topological polar surface area (TPSA) is 109 Å². The molecule has 0 saturated carbocycles. The van der Waals surface area contributed by atoms with Crippen molar-refractivity contribution in [2.24, 2.45) is 0 Å². The highest BCUT2D eigenvalue weighted by Gasteiger charge is 2.35. The van der Waals surface area contributed by atoms with E-state index in [1.807, 2.05) is 0 Å². The number of carboxylic acid groups (broad SMARTS) is 1. The molecule has 1 aliphatic heterocycles. The Morgan fingerprint density at radius 2 is 2.12 bits per heavy atom. The summed E-state index contributed by atoms with van der Waals surface area (Å²) >= 11 is 0. The molecule has 0 spiro atoms. The maximum atomic E-state index is 12.1. The van der Waals surface area contributed by atoms with E-state index in [1.165, 1.54) is 17.3 Å². The second-order valence-electron chi connectivity index (χ2n) is 3.78. The summed E-state index contributed by atoms with van der Waals surface area (Å²) in [5, 5.41) is 8.99. The minimum Gasteiger partial charge on any atom is -0.480 e. The van der Waals surface area contributed by atoms with E-state index in [-0.39, 0.29) is 11.5 Å². The van der Waals surface area contributed by atoms with Gasteiger partial charge in [0.15, 0.2) is 11.5 Å². The van der Waals surface area contributed by atoms with Crippen molar-refractivity contribution in [3.8, 4) is 0 Å². The predicted molar refractivity (Wildman–Crippen MR) is 58.1 cm³/mol. The van der Waals surface area contributed by atoms with Gasteiger partial charge in [-0.2, -0.15) is 0 Å². The summed E-state index contributed by atoms with van der Waals surface area (Å²) < 4.78 is 0. The highest BCUT2D eigenvalue weighted by molar-refractivity contribution is 5.98. The van der Waals surface area contributed by atoms with Crippen LogP contribution in [0, 0.1) is 0 Å². The largest absolute Gasteiger partial charge is 0.480 e. The summed E-state index contributed by atoms with van der Waals surface area (Å²) in [6.07, 6.45) is 3.87. The quantitative estimate of drug-likeness (QED) is 0.732. The van der Waals surface area contributed by atoms with Crippen molar-refractivity contribution in [1.82, 2.24) is 14.9 Å². The van der Waals surface area contributed by atoms with Gasteiger partial charge < -0.3 is 15.7 Å². The number of carbonyl (C=O) groups is 2. The van der Waals surface area contributed by atoms with Crippen LogP contribution in [0.25, 0.3) is 0 Å². The Bertz CT molecular complexity index is 463. The zero-order valence-corrected chi connectivity index (χ0v) is 9.04. The SMILES string of the molecule is Nc1nccnc1C(=O)N1CCC[C@H]1C(=O)O. The zero-order valence-electron chi connectivity index (χ0n) is 9.04. The second kappa shape index (κ2) is 4.36. The smallest absolute Gasteiger partial charge is 0.326 e. The lowest BCUT2D eigenvalue weighted by Crippen LogP contribution is -2.41. The molecule has 2 rings (SSSR count).